The van der Waals surface area contributed by atoms with Crippen LogP contribution in [0, 0.1) is 0 Å². The zero-order valence-corrected chi connectivity index (χ0v) is 17.2. The molecule has 1 amide bonds. The monoisotopic (exact) mass is 472 g/mol. The van der Waals surface area contributed by atoms with Gasteiger partial charge in [0.2, 0.25) is 18.5 Å². The first-order valence-electron chi connectivity index (χ1n) is 9.89. The number of carbonyl (C=O) groups is 1. The summed E-state index contributed by atoms with van der Waals surface area (Å²) in [6.07, 6.45) is -3.09. The van der Waals surface area contributed by atoms with Crippen molar-refractivity contribution in [3.63, 3.8) is 0 Å². The van der Waals surface area contributed by atoms with E-state index in [4.69, 9.17) is 14.0 Å². The van der Waals surface area contributed by atoms with Crippen molar-refractivity contribution in [1.29, 1.82) is 0 Å². The van der Waals surface area contributed by atoms with E-state index in [1.165, 1.54) is 12.1 Å². The number of halogens is 3. The van der Waals surface area contributed by atoms with Crippen LogP contribution in [0.25, 0.3) is 23.0 Å². The van der Waals surface area contributed by atoms with Crippen LogP contribution in [0.4, 0.5) is 18.9 Å². The number of fused-ring (bicyclic) bond motifs is 1. The van der Waals surface area contributed by atoms with Crippen LogP contribution >= 0.6 is 0 Å². The van der Waals surface area contributed by atoms with Crippen LogP contribution in [0.3, 0.4) is 0 Å². The van der Waals surface area contributed by atoms with Gasteiger partial charge in [0.1, 0.15) is 18.0 Å². The van der Waals surface area contributed by atoms with Gasteiger partial charge in [0.15, 0.2) is 11.5 Å². The SMILES string of the molecule is O=C(Cn1cccc1-c1nc(-c2ccc(OC(F)(F)F)cc2)no1)Nc1ccc2c(c1)OCO2. The number of hydrogen-bond donors (Lipinski definition) is 1. The van der Waals surface area contributed by atoms with Gasteiger partial charge < -0.3 is 28.6 Å². The lowest BCUT2D eigenvalue weighted by Gasteiger charge is -2.09. The van der Waals surface area contributed by atoms with Crippen molar-refractivity contribution in [2.75, 3.05) is 12.1 Å². The summed E-state index contributed by atoms with van der Waals surface area (Å²) in [4.78, 5) is 16.9. The highest BCUT2D eigenvalue weighted by Gasteiger charge is 2.31. The maximum absolute atomic E-state index is 12.6. The summed E-state index contributed by atoms with van der Waals surface area (Å²) in [6, 6.07) is 13.6. The number of ether oxygens (including phenoxy) is 3. The van der Waals surface area contributed by atoms with Gasteiger partial charge in [-0.05, 0) is 48.5 Å². The van der Waals surface area contributed by atoms with Gasteiger partial charge in [-0.1, -0.05) is 5.16 Å². The highest BCUT2D eigenvalue weighted by atomic mass is 19.4. The molecule has 5 rings (SSSR count). The van der Waals surface area contributed by atoms with E-state index in [1.807, 2.05) is 0 Å². The Hall–Kier alpha value is -4.48. The second kappa shape index (κ2) is 8.46. The van der Waals surface area contributed by atoms with Gasteiger partial charge in [0.05, 0.1) is 0 Å². The molecular formula is C22H15F3N4O5. The number of amides is 1. The third-order valence-electron chi connectivity index (χ3n) is 4.79. The first-order chi connectivity index (χ1) is 16.3. The lowest BCUT2D eigenvalue weighted by Crippen LogP contribution is -2.18. The van der Waals surface area contributed by atoms with E-state index in [0.29, 0.717) is 28.4 Å². The minimum atomic E-state index is -4.78. The Morgan fingerprint density at radius 2 is 1.88 bits per heavy atom. The first kappa shape index (κ1) is 21.4. The Balaban J connectivity index is 1.27. The lowest BCUT2D eigenvalue weighted by atomic mass is 10.2. The van der Waals surface area contributed by atoms with E-state index in [2.05, 4.69) is 20.2 Å². The van der Waals surface area contributed by atoms with Crippen molar-refractivity contribution in [2.45, 2.75) is 12.9 Å². The molecular weight excluding hydrogens is 457 g/mol. The van der Waals surface area contributed by atoms with Gasteiger partial charge in [-0.3, -0.25) is 4.79 Å². The normalized spacial score (nSPS) is 12.6. The molecule has 0 radical (unpaired) electrons. The second-order valence-corrected chi connectivity index (χ2v) is 7.13. The molecule has 2 aromatic heterocycles. The average Bonchev–Trinajstić information content (AvgIpc) is 3.53. The van der Waals surface area contributed by atoms with Crippen molar-refractivity contribution >= 4 is 11.6 Å². The summed E-state index contributed by atoms with van der Waals surface area (Å²) < 4.78 is 58.3. The number of benzene rings is 2. The van der Waals surface area contributed by atoms with Crippen molar-refractivity contribution in [1.82, 2.24) is 14.7 Å². The molecule has 174 valence electrons. The van der Waals surface area contributed by atoms with Gasteiger partial charge in [-0.2, -0.15) is 4.98 Å². The molecule has 1 N–H and O–H groups in total. The molecule has 0 unspecified atom stereocenters. The Bertz CT molecular complexity index is 1330. The van der Waals surface area contributed by atoms with Crippen LogP contribution < -0.4 is 19.5 Å². The third kappa shape index (κ3) is 4.65. The molecule has 0 saturated carbocycles. The van der Waals surface area contributed by atoms with Crippen LogP contribution in [0.5, 0.6) is 17.2 Å². The van der Waals surface area contributed by atoms with E-state index < -0.39 is 6.36 Å². The van der Waals surface area contributed by atoms with Gasteiger partial charge >= 0.3 is 6.36 Å². The number of hydrogen-bond acceptors (Lipinski definition) is 7. The summed E-state index contributed by atoms with van der Waals surface area (Å²) in [5.41, 5.74) is 1.49. The predicted molar refractivity (Wildman–Crippen MR) is 111 cm³/mol. The Kier molecular flexibility index (Phi) is 5.32. The van der Waals surface area contributed by atoms with Crippen molar-refractivity contribution < 1.29 is 36.7 Å². The highest BCUT2D eigenvalue weighted by molar-refractivity contribution is 5.91. The van der Waals surface area contributed by atoms with E-state index in [1.54, 1.807) is 41.1 Å². The first-order valence-corrected chi connectivity index (χ1v) is 9.89. The second-order valence-electron chi connectivity index (χ2n) is 7.13. The maximum atomic E-state index is 12.6. The standard InChI is InChI=1S/C22H15F3N4O5/c23-22(24,25)33-15-6-3-13(4-7-15)20-27-21(34-28-20)16-2-1-9-29(16)11-19(30)26-14-5-8-17-18(10-14)32-12-31-17/h1-10H,11-12H2,(H,26,30). The van der Waals surface area contributed by atoms with Gasteiger partial charge in [0.25, 0.3) is 5.89 Å². The molecule has 4 aromatic rings. The van der Waals surface area contributed by atoms with E-state index >= 15 is 0 Å². The Morgan fingerprint density at radius 1 is 1.09 bits per heavy atom. The largest absolute Gasteiger partial charge is 0.573 e. The smallest absolute Gasteiger partial charge is 0.454 e. The van der Waals surface area contributed by atoms with Crippen LogP contribution in [0.2, 0.25) is 0 Å². The quantitative estimate of drug-likeness (QED) is 0.442. The molecule has 9 nitrogen and oxygen atoms in total. The van der Waals surface area contributed by atoms with E-state index in [-0.39, 0.29) is 36.7 Å². The van der Waals surface area contributed by atoms with Crippen LogP contribution in [0.15, 0.2) is 65.3 Å². The van der Waals surface area contributed by atoms with Crippen molar-refractivity contribution in [2.24, 2.45) is 0 Å². The molecule has 0 aliphatic carbocycles. The topological polar surface area (TPSA) is 101 Å². The van der Waals surface area contributed by atoms with Gasteiger partial charge in [-0.15, -0.1) is 13.2 Å². The number of carbonyl (C=O) groups excluding carboxylic acids is 1. The predicted octanol–water partition coefficient (Wildman–Crippen LogP) is 4.47. The average molecular weight is 472 g/mol. The van der Waals surface area contributed by atoms with Crippen molar-refractivity contribution in [3.05, 3.63) is 60.8 Å². The summed E-state index contributed by atoms with van der Waals surface area (Å²) >= 11 is 0. The van der Waals surface area contributed by atoms with Crippen LogP contribution in [0.1, 0.15) is 0 Å². The molecule has 2 aromatic carbocycles. The van der Waals surface area contributed by atoms with E-state index in [0.717, 1.165) is 12.1 Å². The number of anilines is 1. The van der Waals surface area contributed by atoms with E-state index in [9.17, 15) is 18.0 Å². The molecule has 3 heterocycles. The number of nitrogens with zero attached hydrogens (tertiary/aromatic N) is 3. The summed E-state index contributed by atoms with van der Waals surface area (Å²) in [7, 11) is 0. The molecule has 1 aliphatic heterocycles. The van der Waals surface area contributed by atoms with Crippen LogP contribution in [-0.4, -0.2) is 33.8 Å². The fourth-order valence-corrected chi connectivity index (χ4v) is 3.33. The van der Waals surface area contributed by atoms with Crippen molar-refractivity contribution in [3.8, 4) is 40.2 Å². The summed E-state index contributed by atoms with van der Waals surface area (Å²) in [6.45, 7) is 0.106. The number of alkyl halides is 3. The molecule has 0 atom stereocenters. The molecule has 34 heavy (non-hydrogen) atoms. The summed E-state index contributed by atoms with van der Waals surface area (Å²) in [5.74, 6) is 0.826. The van der Waals surface area contributed by atoms with Crippen LogP contribution in [-0.2, 0) is 11.3 Å². The molecule has 1 aliphatic rings. The summed E-state index contributed by atoms with van der Waals surface area (Å²) in [5, 5.41) is 6.67. The molecule has 0 fully saturated rings. The maximum Gasteiger partial charge on any atom is 0.573 e. The fourth-order valence-electron chi connectivity index (χ4n) is 3.33. The zero-order valence-electron chi connectivity index (χ0n) is 17.2. The Morgan fingerprint density at radius 3 is 2.68 bits per heavy atom. The number of rotatable bonds is 6. The zero-order chi connectivity index (χ0) is 23.7. The molecule has 0 spiro atoms. The highest BCUT2D eigenvalue weighted by Crippen LogP contribution is 2.34. The fraction of sp³-hybridized carbons (Fsp3) is 0.136. The molecule has 12 heteroatoms. The minimum Gasteiger partial charge on any atom is -0.454 e. The number of nitrogens with one attached hydrogen (secondary N) is 1. The Labute approximate surface area is 189 Å². The van der Waals surface area contributed by atoms with Gasteiger partial charge in [-0.25, -0.2) is 0 Å². The van der Waals surface area contributed by atoms with Gasteiger partial charge in [0, 0.05) is 23.5 Å². The molecule has 0 saturated heterocycles. The minimum absolute atomic E-state index is 0.0298. The number of aromatic nitrogens is 3. The lowest BCUT2D eigenvalue weighted by molar-refractivity contribution is -0.274. The molecule has 0 bridgehead atoms. The third-order valence-corrected chi connectivity index (χ3v) is 4.79.